The van der Waals surface area contributed by atoms with Crippen LogP contribution in [0.15, 0.2) is 41.2 Å². The molecule has 4 aliphatic rings. The molecule has 0 atom stereocenters. The molecule has 2 aromatic carbocycles. The number of likely N-dealkylation sites (N-methyl/N-ethyl adjacent to an activating group) is 1. The maximum Gasteiger partial charge on any atom is 0.282 e. The number of anilines is 1. The van der Waals surface area contributed by atoms with Crippen LogP contribution in [-0.4, -0.2) is 47.7 Å². The van der Waals surface area contributed by atoms with Gasteiger partial charge in [0.25, 0.3) is 5.56 Å². The topological polar surface area (TPSA) is 41.4 Å². The highest BCUT2D eigenvalue weighted by Crippen LogP contribution is 2.52. The predicted octanol–water partition coefficient (Wildman–Crippen LogP) is 6.55. The van der Waals surface area contributed by atoms with Gasteiger partial charge >= 0.3 is 0 Å². The van der Waals surface area contributed by atoms with Crippen LogP contribution in [0, 0.1) is 18.3 Å². The second-order valence-corrected chi connectivity index (χ2v) is 12.3. The Balaban J connectivity index is 0.000000299. The first kappa shape index (κ1) is 26.4. The van der Waals surface area contributed by atoms with Crippen LogP contribution in [0.5, 0.6) is 0 Å². The molecule has 0 N–H and O–H groups in total. The molecule has 1 saturated heterocycles. The summed E-state index contributed by atoms with van der Waals surface area (Å²) in [4.78, 5) is 22.6. The summed E-state index contributed by atoms with van der Waals surface area (Å²) < 4.78 is 2.24. The summed E-state index contributed by atoms with van der Waals surface area (Å²) in [6, 6.07) is 12.6. The molecule has 2 aliphatic heterocycles. The monoisotopic (exact) mass is 542 g/mol. The molecule has 3 heterocycles. The second kappa shape index (κ2) is 11.0. The third kappa shape index (κ3) is 4.77. The zero-order valence-electron chi connectivity index (χ0n) is 23.1. The Morgan fingerprint density at radius 2 is 1.69 bits per heavy atom. The first-order chi connectivity index (χ1) is 19.0. The lowest BCUT2D eigenvalue weighted by Crippen LogP contribution is -2.44. The van der Waals surface area contributed by atoms with Crippen LogP contribution in [0.25, 0.3) is 16.6 Å². The largest absolute Gasteiger partial charge is 0.369 e. The van der Waals surface area contributed by atoms with E-state index < -0.39 is 0 Å². The summed E-state index contributed by atoms with van der Waals surface area (Å²) in [5, 5.41) is 1.00. The lowest BCUT2D eigenvalue weighted by Gasteiger charge is -2.35. The van der Waals surface area contributed by atoms with Gasteiger partial charge in [0.15, 0.2) is 0 Å². The Kier molecular flexibility index (Phi) is 7.44. The van der Waals surface area contributed by atoms with Crippen LogP contribution in [0.4, 0.5) is 5.69 Å². The normalized spacial score (nSPS) is 20.7. The summed E-state index contributed by atoms with van der Waals surface area (Å²) in [7, 11) is 2.18. The van der Waals surface area contributed by atoms with Crippen molar-refractivity contribution >= 4 is 28.2 Å². The number of aromatic nitrogens is 2. The third-order valence-electron chi connectivity index (χ3n) is 9.45. The lowest BCUT2D eigenvalue weighted by atomic mass is 9.70. The van der Waals surface area contributed by atoms with Crippen LogP contribution in [-0.2, 0) is 5.41 Å². The van der Waals surface area contributed by atoms with Crippen molar-refractivity contribution in [2.45, 2.75) is 69.6 Å². The minimum Gasteiger partial charge on any atom is -0.369 e. The van der Waals surface area contributed by atoms with E-state index in [0.29, 0.717) is 16.3 Å². The Morgan fingerprint density at radius 3 is 2.38 bits per heavy atom. The molecule has 1 spiro atoms. The first-order valence-corrected chi connectivity index (χ1v) is 15.2. The number of hydrogen-bond acceptors (Lipinski definition) is 4. The van der Waals surface area contributed by atoms with Crippen molar-refractivity contribution < 1.29 is 0 Å². The average Bonchev–Trinajstić information content (AvgIpc) is 3.23. The van der Waals surface area contributed by atoms with Crippen molar-refractivity contribution in [1.29, 1.82) is 0 Å². The smallest absolute Gasteiger partial charge is 0.282 e. The Hall–Kier alpha value is -2.81. The fourth-order valence-electron chi connectivity index (χ4n) is 7.20. The van der Waals surface area contributed by atoms with Gasteiger partial charge in [-0.05, 0) is 62.6 Å². The van der Waals surface area contributed by atoms with E-state index in [2.05, 4.69) is 50.5 Å². The van der Waals surface area contributed by atoms with E-state index in [1.165, 1.54) is 68.3 Å². The Labute approximate surface area is 237 Å². The van der Waals surface area contributed by atoms with Crippen LogP contribution in [0.1, 0.15) is 75.6 Å². The summed E-state index contributed by atoms with van der Waals surface area (Å²) in [6.45, 7) is 4.21. The average molecular weight is 543 g/mol. The van der Waals surface area contributed by atoms with Crippen molar-refractivity contribution in [2.24, 2.45) is 5.92 Å². The number of hydrogen-bond donors (Lipinski definition) is 0. The van der Waals surface area contributed by atoms with Gasteiger partial charge in [0, 0.05) is 37.8 Å². The van der Waals surface area contributed by atoms with Crippen molar-refractivity contribution in [3.8, 4) is 18.0 Å². The first-order valence-electron chi connectivity index (χ1n) is 14.8. The zero-order chi connectivity index (χ0) is 27.0. The van der Waals surface area contributed by atoms with E-state index in [0.717, 1.165) is 50.4 Å². The molecule has 39 heavy (non-hydrogen) atoms. The third-order valence-corrected chi connectivity index (χ3v) is 9.76. The van der Waals surface area contributed by atoms with E-state index in [1.807, 2.05) is 12.1 Å². The predicted molar refractivity (Wildman–Crippen MR) is 161 cm³/mol. The standard InChI is InChI=1S/C25H27ClN4O.C8H12/c1-28-12-14-29(15-13-28)17-8-9-18-21(16-17)30-20-7-5-6-19(26)22(20)23(31)27-24(30)25(18)10-3-2-4-11-25;1-2-8-6-4-3-5-7-8/h5-9,16H,2-4,10-15H2,1H3;1,8H,3-7H2. The minimum atomic E-state index is -0.205. The van der Waals surface area contributed by atoms with Gasteiger partial charge in [0.1, 0.15) is 5.82 Å². The molecular weight excluding hydrogens is 504 g/mol. The summed E-state index contributed by atoms with van der Waals surface area (Å²) in [6.07, 6.45) is 17.6. The van der Waals surface area contributed by atoms with Crippen LogP contribution >= 0.6 is 11.6 Å². The SMILES string of the molecule is C#CC1CCCCC1.CN1CCN(c2ccc3c(c2)-n2c(nc(=O)c4c(Cl)cccc42)C32CCCCC2)CC1. The highest BCUT2D eigenvalue weighted by Gasteiger charge is 2.46. The molecule has 1 aromatic heterocycles. The fraction of sp³-hybridized carbons (Fsp3) is 0.515. The maximum absolute atomic E-state index is 13.1. The molecule has 0 amide bonds. The molecule has 3 aromatic rings. The van der Waals surface area contributed by atoms with Gasteiger partial charge in [-0.15, -0.1) is 12.3 Å². The summed E-state index contributed by atoms with van der Waals surface area (Å²) in [5.41, 5.74) is 4.26. The molecule has 0 bridgehead atoms. The number of halogens is 1. The molecule has 0 radical (unpaired) electrons. The Bertz CT molecular complexity index is 1450. The molecule has 5 nitrogen and oxygen atoms in total. The van der Waals surface area contributed by atoms with Gasteiger partial charge in [0.05, 0.1) is 27.0 Å². The number of piperazine rings is 1. The quantitative estimate of drug-likeness (QED) is 0.327. The molecule has 0 unspecified atom stereocenters. The van der Waals surface area contributed by atoms with Gasteiger partial charge < -0.3 is 9.80 Å². The number of benzene rings is 2. The van der Waals surface area contributed by atoms with E-state index >= 15 is 0 Å². The number of nitrogens with zero attached hydrogens (tertiary/aromatic N) is 4. The number of fused-ring (bicyclic) bond motifs is 7. The maximum atomic E-state index is 13.1. The Morgan fingerprint density at radius 1 is 0.974 bits per heavy atom. The van der Waals surface area contributed by atoms with Crippen molar-refractivity contribution in [3.05, 3.63) is 63.2 Å². The summed E-state index contributed by atoms with van der Waals surface area (Å²) >= 11 is 6.47. The van der Waals surface area contributed by atoms with E-state index in [1.54, 1.807) is 6.07 Å². The fourth-order valence-corrected chi connectivity index (χ4v) is 7.45. The molecule has 6 heteroatoms. The highest BCUT2D eigenvalue weighted by molar-refractivity contribution is 6.35. The molecule has 3 fully saturated rings. The van der Waals surface area contributed by atoms with E-state index in [-0.39, 0.29) is 11.0 Å². The van der Waals surface area contributed by atoms with Gasteiger partial charge in [-0.25, -0.2) is 0 Å². The van der Waals surface area contributed by atoms with E-state index in [9.17, 15) is 4.79 Å². The van der Waals surface area contributed by atoms with Crippen LogP contribution in [0.2, 0.25) is 5.02 Å². The number of rotatable bonds is 1. The van der Waals surface area contributed by atoms with Crippen molar-refractivity contribution in [3.63, 3.8) is 0 Å². The molecule has 7 rings (SSSR count). The number of terminal acetylenes is 1. The van der Waals surface area contributed by atoms with E-state index in [4.69, 9.17) is 18.0 Å². The lowest BCUT2D eigenvalue weighted by molar-refractivity contribution is 0.313. The molecule has 2 saturated carbocycles. The van der Waals surface area contributed by atoms with Gasteiger partial charge in [-0.2, -0.15) is 4.98 Å². The second-order valence-electron chi connectivity index (χ2n) is 11.8. The summed E-state index contributed by atoms with van der Waals surface area (Å²) in [5.74, 6) is 4.33. The van der Waals surface area contributed by atoms with Crippen molar-refractivity contribution in [2.75, 3.05) is 38.1 Å². The van der Waals surface area contributed by atoms with Crippen LogP contribution < -0.4 is 10.5 Å². The van der Waals surface area contributed by atoms with Crippen molar-refractivity contribution in [1.82, 2.24) is 14.5 Å². The highest BCUT2D eigenvalue weighted by atomic mass is 35.5. The zero-order valence-corrected chi connectivity index (χ0v) is 23.8. The van der Waals surface area contributed by atoms with Gasteiger partial charge in [-0.3, -0.25) is 9.36 Å². The van der Waals surface area contributed by atoms with Gasteiger partial charge in [0.2, 0.25) is 0 Å². The molecule has 204 valence electrons. The molecule has 2 aliphatic carbocycles. The van der Waals surface area contributed by atoms with Crippen LogP contribution in [0.3, 0.4) is 0 Å². The molecular formula is C33H39ClN4O. The van der Waals surface area contributed by atoms with Gasteiger partial charge in [-0.1, -0.05) is 62.3 Å². The minimum absolute atomic E-state index is 0.163.